The Morgan fingerprint density at radius 2 is 1.48 bits per heavy atom. The van der Waals surface area contributed by atoms with Crippen LogP contribution in [-0.2, 0) is 11.2 Å². The lowest BCUT2D eigenvalue weighted by Gasteiger charge is -2.22. The molecule has 2 aromatic rings. The fourth-order valence-corrected chi connectivity index (χ4v) is 2.09. The number of hydrogen-bond donors (Lipinski definition) is 2. The number of aliphatic hydroxyl groups is 1. The van der Waals surface area contributed by atoms with Crippen molar-refractivity contribution in [1.29, 1.82) is 0 Å². The van der Waals surface area contributed by atoms with Crippen molar-refractivity contribution >= 4 is 11.6 Å². The van der Waals surface area contributed by atoms with Crippen LogP contribution in [0.15, 0.2) is 48.5 Å². The second kappa shape index (κ2) is 6.10. The summed E-state index contributed by atoms with van der Waals surface area (Å²) in [6.07, 6.45) is 0.283. The first-order valence-corrected chi connectivity index (χ1v) is 7.03. The first-order chi connectivity index (χ1) is 9.87. The highest BCUT2D eigenvalue weighted by molar-refractivity contribution is 5.97. The van der Waals surface area contributed by atoms with Gasteiger partial charge in [0, 0.05) is 12.1 Å². The molecule has 0 saturated carbocycles. The molecule has 0 aromatic heterocycles. The van der Waals surface area contributed by atoms with Gasteiger partial charge in [0.1, 0.15) is 5.60 Å². The highest BCUT2D eigenvalue weighted by Gasteiger charge is 2.30. The highest BCUT2D eigenvalue weighted by Crippen LogP contribution is 2.17. The Morgan fingerprint density at radius 1 is 1.00 bits per heavy atom. The molecule has 0 aliphatic carbocycles. The maximum absolute atomic E-state index is 12.2. The molecule has 2 aromatic carbocycles. The largest absolute Gasteiger partial charge is 0.380 e. The predicted molar refractivity (Wildman–Crippen MR) is 85.3 cm³/mol. The predicted octanol–water partition coefficient (Wildman–Crippen LogP) is 3.24. The first-order valence-electron chi connectivity index (χ1n) is 7.03. The topological polar surface area (TPSA) is 49.3 Å². The summed E-state index contributed by atoms with van der Waals surface area (Å²) in [6.45, 7) is 5.53. The lowest BCUT2D eigenvalue weighted by Crippen LogP contribution is -2.42. The van der Waals surface area contributed by atoms with Gasteiger partial charge in [-0.1, -0.05) is 47.5 Å². The van der Waals surface area contributed by atoms with Crippen molar-refractivity contribution in [2.45, 2.75) is 32.8 Å². The standard InChI is InChI=1S/C18H21NO2/c1-13-4-8-15(9-5-13)12-18(3,21)17(20)19-16-10-6-14(2)7-11-16/h4-11,21H,12H2,1-3H3,(H,19,20)/t18-/m0/s1. The average molecular weight is 283 g/mol. The van der Waals surface area contributed by atoms with Crippen molar-refractivity contribution in [2.75, 3.05) is 5.32 Å². The van der Waals surface area contributed by atoms with E-state index in [2.05, 4.69) is 5.32 Å². The third-order valence-electron chi connectivity index (χ3n) is 3.47. The molecule has 0 aliphatic heterocycles. The van der Waals surface area contributed by atoms with E-state index in [1.807, 2.05) is 62.4 Å². The van der Waals surface area contributed by atoms with Gasteiger partial charge >= 0.3 is 0 Å². The summed E-state index contributed by atoms with van der Waals surface area (Å²) >= 11 is 0. The number of carbonyl (C=O) groups excluding carboxylic acids is 1. The summed E-state index contributed by atoms with van der Waals surface area (Å²) in [6, 6.07) is 15.3. The zero-order valence-electron chi connectivity index (χ0n) is 12.7. The second-order valence-corrected chi connectivity index (χ2v) is 5.76. The molecule has 21 heavy (non-hydrogen) atoms. The zero-order valence-corrected chi connectivity index (χ0v) is 12.7. The number of aryl methyl sites for hydroxylation is 2. The molecule has 1 atom stereocenters. The van der Waals surface area contributed by atoms with E-state index in [1.165, 1.54) is 6.92 Å². The molecule has 1 amide bonds. The fourth-order valence-electron chi connectivity index (χ4n) is 2.09. The van der Waals surface area contributed by atoms with Crippen LogP contribution in [0, 0.1) is 13.8 Å². The molecule has 0 fully saturated rings. The van der Waals surface area contributed by atoms with Crippen LogP contribution >= 0.6 is 0 Å². The van der Waals surface area contributed by atoms with Gasteiger partial charge in [0.15, 0.2) is 0 Å². The number of hydrogen-bond acceptors (Lipinski definition) is 2. The number of rotatable bonds is 4. The molecular formula is C18H21NO2. The van der Waals surface area contributed by atoms with Crippen LogP contribution in [0.25, 0.3) is 0 Å². The zero-order chi connectivity index (χ0) is 15.5. The third-order valence-corrected chi connectivity index (χ3v) is 3.47. The smallest absolute Gasteiger partial charge is 0.256 e. The Balaban J connectivity index is 2.05. The van der Waals surface area contributed by atoms with Crippen LogP contribution in [0.3, 0.4) is 0 Å². The van der Waals surface area contributed by atoms with Gasteiger partial charge in [0.05, 0.1) is 0 Å². The van der Waals surface area contributed by atoms with Crippen LogP contribution < -0.4 is 5.32 Å². The SMILES string of the molecule is Cc1ccc(C[C@](C)(O)C(=O)Nc2ccc(C)cc2)cc1. The minimum atomic E-state index is -1.44. The van der Waals surface area contributed by atoms with Crippen LogP contribution in [0.2, 0.25) is 0 Å². The molecule has 2 rings (SSSR count). The Kier molecular flexibility index (Phi) is 4.43. The number of nitrogens with one attached hydrogen (secondary N) is 1. The van der Waals surface area contributed by atoms with E-state index < -0.39 is 11.5 Å². The van der Waals surface area contributed by atoms with Gasteiger partial charge in [-0.25, -0.2) is 0 Å². The van der Waals surface area contributed by atoms with E-state index in [0.717, 1.165) is 16.7 Å². The molecule has 2 N–H and O–H groups in total. The monoisotopic (exact) mass is 283 g/mol. The second-order valence-electron chi connectivity index (χ2n) is 5.76. The van der Waals surface area contributed by atoms with Crippen molar-refractivity contribution in [3.8, 4) is 0 Å². The quantitative estimate of drug-likeness (QED) is 0.905. The van der Waals surface area contributed by atoms with Gasteiger partial charge in [-0.15, -0.1) is 0 Å². The molecule has 0 radical (unpaired) electrons. The van der Waals surface area contributed by atoms with Gasteiger partial charge in [0.2, 0.25) is 0 Å². The van der Waals surface area contributed by atoms with Gasteiger partial charge in [-0.2, -0.15) is 0 Å². The van der Waals surface area contributed by atoms with Gasteiger partial charge in [-0.05, 0) is 38.5 Å². The van der Waals surface area contributed by atoms with E-state index in [1.54, 1.807) is 0 Å². The number of amides is 1. The highest BCUT2D eigenvalue weighted by atomic mass is 16.3. The van der Waals surface area contributed by atoms with Crippen molar-refractivity contribution in [3.05, 3.63) is 65.2 Å². The van der Waals surface area contributed by atoms with Gasteiger partial charge in [-0.3, -0.25) is 4.79 Å². The molecule has 0 aliphatic rings. The van der Waals surface area contributed by atoms with Crippen LogP contribution in [0.5, 0.6) is 0 Å². The van der Waals surface area contributed by atoms with Crippen molar-refractivity contribution in [1.82, 2.24) is 0 Å². The molecule has 3 heteroatoms. The number of anilines is 1. The Morgan fingerprint density at radius 3 is 2.00 bits per heavy atom. The number of benzene rings is 2. The Bertz CT molecular complexity index is 613. The van der Waals surface area contributed by atoms with E-state index in [-0.39, 0.29) is 6.42 Å². The summed E-state index contributed by atoms with van der Waals surface area (Å²) in [7, 11) is 0. The summed E-state index contributed by atoms with van der Waals surface area (Å²) in [4.78, 5) is 12.2. The summed E-state index contributed by atoms with van der Waals surface area (Å²) in [5, 5.41) is 13.2. The van der Waals surface area contributed by atoms with Crippen molar-refractivity contribution < 1.29 is 9.90 Å². The molecule has 110 valence electrons. The minimum Gasteiger partial charge on any atom is -0.380 e. The molecule has 0 unspecified atom stereocenters. The van der Waals surface area contributed by atoms with E-state index in [9.17, 15) is 9.90 Å². The average Bonchev–Trinajstić information content (AvgIpc) is 2.43. The van der Waals surface area contributed by atoms with Crippen molar-refractivity contribution in [3.63, 3.8) is 0 Å². The third kappa shape index (κ3) is 4.17. The lowest BCUT2D eigenvalue weighted by atomic mass is 9.95. The van der Waals surface area contributed by atoms with Crippen molar-refractivity contribution in [2.24, 2.45) is 0 Å². The first kappa shape index (κ1) is 15.3. The summed E-state index contributed by atoms with van der Waals surface area (Å²) in [5.74, 6) is -0.396. The molecular weight excluding hydrogens is 262 g/mol. The van der Waals surface area contributed by atoms with Crippen LogP contribution in [-0.4, -0.2) is 16.6 Å². The maximum atomic E-state index is 12.2. The minimum absolute atomic E-state index is 0.283. The lowest BCUT2D eigenvalue weighted by molar-refractivity contribution is -0.132. The Labute approximate surface area is 125 Å². The molecule has 0 saturated heterocycles. The van der Waals surface area contributed by atoms with Gasteiger partial charge < -0.3 is 10.4 Å². The normalized spacial score (nSPS) is 13.5. The Hall–Kier alpha value is -2.13. The molecule has 0 bridgehead atoms. The molecule has 3 nitrogen and oxygen atoms in total. The van der Waals surface area contributed by atoms with E-state index >= 15 is 0 Å². The van der Waals surface area contributed by atoms with Gasteiger partial charge in [0.25, 0.3) is 5.91 Å². The maximum Gasteiger partial charge on any atom is 0.256 e. The van der Waals surface area contributed by atoms with Crippen LogP contribution in [0.4, 0.5) is 5.69 Å². The molecule has 0 spiro atoms. The fraction of sp³-hybridized carbons (Fsp3) is 0.278. The summed E-state index contributed by atoms with van der Waals surface area (Å²) in [5.41, 5.74) is 2.46. The number of carbonyl (C=O) groups is 1. The summed E-state index contributed by atoms with van der Waals surface area (Å²) < 4.78 is 0. The molecule has 0 heterocycles. The van der Waals surface area contributed by atoms with E-state index in [0.29, 0.717) is 5.69 Å². The van der Waals surface area contributed by atoms with E-state index in [4.69, 9.17) is 0 Å². The van der Waals surface area contributed by atoms with Crippen LogP contribution in [0.1, 0.15) is 23.6 Å².